The van der Waals surface area contributed by atoms with Gasteiger partial charge in [-0.15, -0.1) is 0 Å². The van der Waals surface area contributed by atoms with Crippen LogP contribution in [0.3, 0.4) is 0 Å². The van der Waals surface area contributed by atoms with Crippen molar-refractivity contribution in [1.82, 2.24) is 14.5 Å². The maximum atomic E-state index is 6.53. The van der Waals surface area contributed by atoms with E-state index in [0.29, 0.717) is 0 Å². The van der Waals surface area contributed by atoms with Gasteiger partial charge in [0.15, 0.2) is 0 Å². The molecule has 0 atom stereocenters. The number of hydrogen-bond acceptors (Lipinski definition) is 3. The van der Waals surface area contributed by atoms with Crippen molar-refractivity contribution in [1.29, 1.82) is 0 Å². The lowest BCUT2D eigenvalue weighted by atomic mass is 9.96. The molecular formula is C44H27N3O. The maximum Gasteiger partial charge on any atom is 0.145 e. The topological polar surface area (TPSA) is 43.9 Å². The van der Waals surface area contributed by atoms with Crippen LogP contribution in [0.2, 0.25) is 0 Å². The fraction of sp³-hybridized carbons (Fsp3) is 0. The molecule has 0 spiro atoms. The Bertz CT molecular complexity index is 2810. The minimum Gasteiger partial charge on any atom is -0.455 e. The smallest absolute Gasteiger partial charge is 0.145 e. The summed E-state index contributed by atoms with van der Waals surface area (Å²) in [5.41, 5.74) is 11.2. The predicted molar refractivity (Wildman–Crippen MR) is 197 cm³/mol. The Labute approximate surface area is 276 Å². The highest BCUT2D eigenvalue weighted by atomic mass is 16.3. The van der Waals surface area contributed by atoms with Crippen molar-refractivity contribution in [2.24, 2.45) is 0 Å². The third-order valence-electron chi connectivity index (χ3n) is 9.42. The standard InChI is InChI=1S/C44H27N3O/c1-2-10-32(11-3-1)47-39-16-8-7-15-38(39)46-44(47)31-24-20-29(21-25-31)28-18-22-30(23-19-28)42-41-35(33-12-4-6-14-37(33)45-42)26-27-36-34-13-5-9-17-40(34)48-43(36)41/h1-27H. The maximum absolute atomic E-state index is 6.53. The number of aromatic nitrogens is 3. The summed E-state index contributed by atoms with van der Waals surface area (Å²) in [7, 11) is 0. The third-order valence-corrected chi connectivity index (χ3v) is 9.42. The van der Waals surface area contributed by atoms with Gasteiger partial charge in [-0.3, -0.25) is 4.57 Å². The molecule has 3 heterocycles. The molecule has 4 nitrogen and oxygen atoms in total. The number of benzene rings is 7. The van der Waals surface area contributed by atoms with Gasteiger partial charge in [-0.1, -0.05) is 121 Å². The lowest BCUT2D eigenvalue weighted by molar-refractivity contribution is 0.672. The molecule has 0 unspecified atom stereocenters. The van der Waals surface area contributed by atoms with E-state index in [9.17, 15) is 0 Å². The van der Waals surface area contributed by atoms with Crippen LogP contribution in [0, 0.1) is 0 Å². The molecular weight excluding hydrogens is 587 g/mol. The summed E-state index contributed by atoms with van der Waals surface area (Å²) in [5.74, 6) is 0.926. The molecule has 0 N–H and O–H groups in total. The number of rotatable bonds is 4. The summed E-state index contributed by atoms with van der Waals surface area (Å²) in [6, 6.07) is 57.1. The van der Waals surface area contributed by atoms with E-state index in [4.69, 9.17) is 14.4 Å². The molecule has 10 aromatic rings. The second-order valence-corrected chi connectivity index (χ2v) is 12.2. The Morgan fingerprint density at radius 2 is 1.02 bits per heavy atom. The molecule has 0 saturated heterocycles. The van der Waals surface area contributed by atoms with Crippen LogP contribution < -0.4 is 0 Å². The Kier molecular flexibility index (Phi) is 5.84. The Morgan fingerprint density at radius 1 is 0.417 bits per heavy atom. The second kappa shape index (κ2) is 10.5. The van der Waals surface area contributed by atoms with Gasteiger partial charge in [-0.2, -0.15) is 0 Å². The summed E-state index contributed by atoms with van der Waals surface area (Å²) in [6.07, 6.45) is 0. The van der Waals surface area contributed by atoms with Crippen molar-refractivity contribution in [3.05, 3.63) is 164 Å². The fourth-order valence-electron chi connectivity index (χ4n) is 7.12. The lowest BCUT2D eigenvalue weighted by Gasteiger charge is -2.12. The summed E-state index contributed by atoms with van der Waals surface area (Å²) in [6.45, 7) is 0. The van der Waals surface area contributed by atoms with E-state index in [1.165, 1.54) is 0 Å². The van der Waals surface area contributed by atoms with Crippen molar-refractivity contribution >= 4 is 54.6 Å². The van der Waals surface area contributed by atoms with Gasteiger partial charge < -0.3 is 4.42 Å². The monoisotopic (exact) mass is 613 g/mol. The normalized spacial score (nSPS) is 11.8. The van der Waals surface area contributed by atoms with E-state index in [0.717, 1.165) is 94.1 Å². The van der Waals surface area contributed by atoms with Crippen molar-refractivity contribution in [2.75, 3.05) is 0 Å². The van der Waals surface area contributed by atoms with Crippen LogP contribution in [0.5, 0.6) is 0 Å². The Balaban J connectivity index is 1.07. The van der Waals surface area contributed by atoms with Gasteiger partial charge in [0.1, 0.15) is 17.0 Å². The van der Waals surface area contributed by atoms with Gasteiger partial charge in [0.05, 0.1) is 27.6 Å². The highest BCUT2D eigenvalue weighted by Gasteiger charge is 2.18. The van der Waals surface area contributed by atoms with E-state index in [1.54, 1.807) is 0 Å². The highest BCUT2D eigenvalue weighted by Crippen LogP contribution is 2.41. The first-order chi connectivity index (χ1) is 23.8. The Hall–Kier alpha value is -6.52. The van der Waals surface area contributed by atoms with Crippen LogP contribution >= 0.6 is 0 Å². The van der Waals surface area contributed by atoms with Crippen LogP contribution in [-0.2, 0) is 0 Å². The van der Waals surface area contributed by atoms with Crippen molar-refractivity contribution in [3.8, 4) is 39.5 Å². The van der Waals surface area contributed by atoms with Crippen molar-refractivity contribution < 1.29 is 4.42 Å². The number of imidazole rings is 1. The van der Waals surface area contributed by atoms with Crippen LogP contribution in [0.15, 0.2) is 168 Å². The molecule has 3 aromatic heterocycles. The fourth-order valence-corrected chi connectivity index (χ4v) is 7.12. The molecule has 0 bridgehead atoms. The van der Waals surface area contributed by atoms with Gasteiger partial charge in [-0.25, -0.2) is 9.97 Å². The molecule has 0 aliphatic heterocycles. The van der Waals surface area contributed by atoms with E-state index in [-0.39, 0.29) is 0 Å². The van der Waals surface area contributed by atoms with Crippen LogP contribution in [0.1, 0.15) is 0 Å². The first-order valence-corrected chi connectivity index (χ1v) is 16.2. The van der Waals surface area contributed by atoms with E-state index < -0.39 is 0 Å². The number of pyridine rings is 1. The minimum atomic E-state index is 0.878. The van der Waals surface area contributed by atoms with E-state index in [1.807, 2.05) is 30.3 Å². The SMILES string of the molecule is c1ccc(-n2c(-c3ccc(-c4ccc(-c5nc6ccccc6c6ccc7c8ccccc8oc7c56)cc4)cc3)nc3ccccc32)cc1. The second-order valence-electron chi connectivity index (χ2n) is 12.2. The summed E-state index contributed by atoms with van der Waals surface area (Å²) in [4.78, 5) is 10.3. The predicted octanol–water partition coefficient (Wildman–Crippen LogP) is 11.6. The van der Waals surface area contributed by atoms with Gasteiger partial charge in [0.25, 0.3) is 0 Å². The number of fused-ring (bicyclic) bond motifs is 8. The third kappa shape index (κ3) is 4.10. The average Bonchev–Trinajstić information content (AvgIpc) is 3.74. The largest absolute Gasteiger partial charge is 0.455 e. The zero-order valence-electron chi connectivity index (χ0n) is 25.8. The molecule has 48 heavy (non-hydrogen) atoms. The number of para-hydroxylation sites is 5. The minimum absolute atomic E-state index is 0.878. The molecule has 0 amide bonds. The van der Waals surface area contributed by atoms with Crippen LogP contribution in [-0.4, -0.2) is 14.5 Å². The summed E-state index contributed by atoms with van der Waals surface area (Å²) >= 11 is 0. The zero-order valence-corrected chi connectivity index (χ0v) is 25.8. The molecule has 0 radical (unpaired) electrons. The Morgan fingerprint density at radius 3 is 1.81 bits per heavy atom. The highest BCUT2D eigenvalue weighted by molar-refractivity contribution is 6.23. The molecule has 0 aliphatic carbocycles. The molecule has 0 saturated carbocycles. The van der Waals surface area contributed by atoms with Gasteiger partial charge >= 0.3 is 0 Å². The van der Waals surface area contributed by atoms with Crippen LogP contribution in [0.4, 0.5) is 0 Å². The van der Waals surface area contributed by atoms with E-state index in [2.05, 4.69) is 138 Å². The van der Waals surface area contributed by atoms with Crippen LogP contribution in [0.25, 0.3) is 94.1 Å². The molecule has 4 heteroatoms. The number of furan rings is 1. The van der Waals surface area contributed by atoms with Crippen molar-refractivity contribution in [3.63, 3.8) is 0 Å². The lowest BCUT2D eigenvalue weighted by Crippen LogP contribution is -1.97. The first-order valence-electron chi connectivity index (χ1n) is 16.2. The molecule has 10 rings (SSSR count). The van der Waals surface area contributed by atoms with Gasteiger partial charge in [0.2, 0.25) is 0 Å². The van der Waals surface area contributed by atoms with E-state index >= 15 is 0 Å². The molecule has 0 aliphatic rings. The zero-order chi connectivity index (χ0) is 31.6. The van der Waals surface area contributed by atoms with Gasteiger partial charge in [-0.05, 0) is 59.0 Å². The van der Waals surface area contributed by atoms with Gasteiger partial charge in [0, 0.05) is 33.0 Å². The quantitative estimate of drug-likeness (QED) is 0.186. The number of hydrogen-bond donors (Lipinski definition) is 0. The number of nitrogens with zero attached hydrogens (tertiary/aromatic N) is 3. The molecule has 7 aromatic carbocycles. The average molecular weight is 614 g/mol. The molecule has 224 valence electrons. The summed E-state index contributed by atoms with van der Waals surface area (Å²) < 4.78 is 8.76. The summed E-state index contributed by atoms with van der Waals surface area (Å²) in [5, 5.41) is 5.53. The van der Waals surface area contributed by atoms with Crippen molar-refractivity contribution in [2.45, 2.75) is 0 Å². The first kappa shape index (κ1) is 26.7. The molecule has 0 fully saturated rings.